The zero-order valence-electron chi connectivity index (χ0n) is 16.7. The maximum absolute atomic E-state index is 13.0. The van der Waals surface area contributed by atoms with Crippen LogP contribution in [0.1, 0.15) is 39.0 Å². The number of carbonyl (C=O) groups is 2. The summed E-state index contributed by atoms with van der Waals surface area (Å²) in [4.78, 5) is 27.7. The minimum Gasteiger partial charge on any atom is -0.494 e. The summed E-state index contributed by atoms with van der Waals surface area (Å²) in [5.74, 6) is 0.733. The van der Waals surface area contributed by atoms with Crippen molar-refractivity contribution in [2.75, 3.05) is 39.5 Å². The number of likely N-dealkylation sites (tertiary alicyclic amines) is 1. The molecule has 6 heteroatoms. The molecule has 0 N–H and O–H groups in total. The Morgan fingerprint density at radius 1 is 1.21 bits per heavy atom. The Morgan fingerprint density at radius 3 is 2.68 bits per heavy atom. The molecule has 0 aromatic heterocycles. The maximum Gasteiger partial charge on any atom is 0.314 e. The predicted molar refractivity (Wildman–Crippen MR) is 105 cm³/mol. The van der Waals surface area contributed by atoms with E-state index in [1.54, 1.807) is 0 Å². The summed E-state index contributed by atoms with van der Waals surface area (Å²) in [6, 6.07) is 9.59. The predicted octanol–water partition coefficient (Wildman–Crippen LogP) is 3.05. The molecular weight excluding hydrogens is 358 g/mol. The lowest BCUT2D eigenvalue weighted by Gasteiger charge is -2.42. The van der Waals surface area contributed by atoms with E-state index in [-0.39, 0.29) is 17.8 Å². The Hall–Kier alpha value is -2.08. The van der Waals surface area contributed by atoms with Crippen LogP contribution in [0.25, 0.3) is 0 Å². The van der Waals surface area contributed by atoms with E-state index in [0.29, 0.717) is 45.9 Å². The van der Waals surface area contributed by atoms with Crippen molar-refractivity contribution in [3.63, 3.8) is 0 Å². The van der Waals surface area contributed by atoms with Crippen LogP contribution in [0.4, 0.5) is 0 Å². The van der Waals surface area contributed by atoms with Gasteiger partial charge in [-0.05, 0) is 51.2 Å². The van der Waals surface area contributed by atoms with Gasteiger partial charge in [0, 0.05) is 32.2 Å². The fraction of sp³-hybridized carbons (Fsp3) is 0.636. The van der Waals surface area contributed by atoms with Gasteiger partial charge >= 0.3 is 5.97 Å². The van der Waals surface area contributed by atoms with Gasteiger partial charge in [0.25, 0.3) is 0 Å². The van der Waals surface area contributed by atoms with Crippen LogP contribution in [0.15, 0.2) is 30.3 Å². The number of para-hydroxylation sites is 1. The SMILES string of the molecule is CCOC(=O)C1(CCOc2ccccc2)CCCN(C(=O)C2CCOCC2)C1. The molecule has 28 heavy (non-hydrogen) atoms. The molecule has 2 heterocycles. The van der Waals surface area contributed by atoms with E-state index >= 15 is 0 Å². The molecule has 0 aliphatic carbocycles. The number of carbonyl (C=O) groups excluding carboxylic acids is 2. The fourth-order valence-corrected chi connectivity index (χ4v) is 4.16. The summed E-state index contributed by atoms with van der Waals surface area (Å²) < 4.78 is 16.6. The van der Waals surface area contributed by atoms with Gasteiger partial charge in [-0.15, -0.1) is 0 Å². The number of esters is 1. The van der Waals surface area contributed by atoms with Crippen molar-refractivity contribution in [1.29, 1.82) is 0 Å². The van der Waals surface area contributed by atoms with Crippen LogP contribution in [0.2, 0.25) is 0 Å². The van der Waals surface area contributed by atoms with Crippen molar-refractivity contribution in [2.24, 2.45) is 11.3 Å². The van der Waals surface area contributed by atoms with E-state index in [1.165, 1.54) is 0 Å². The number of hydrogen-bond donors (Lipinski definition) is 0. The third-order valence-electron chi connectivity index (χ3n) is 5.76. The van der Waals surface area contributed by atoms with Gasteiger partial charge in [0.2, 0.25) is 5.91 Å². The van der Waals surface area contributed by atoms with Crippen molar-refractivity contribution in [2.45, 2.75) is 39.0 Å². The highest BCUT2D eigenvalue weighted by atomic mass is 16.5. The van der Waals surface area contributed by atoms with Gasteiger partial charge in [-0.2, -0.15) is 0 Å². The van der Waals surface area contributed by atoms with Crippen LogP contribution in [0, 0.1) is 11.3 Å². The van der Waals surface area contributed by atoms with Crippen LogP contribution >= 0.6 is 0 Å². The Morgan fingerprint density at radius 2 is 1.96 bits per heavy atom. The molecule has 3 rings (SSSR count). The summed E-state index contributed by atoms with van der Waals surface area (Å²) in [6.07, 6.45) is 3.59. The van der Waals surface area contributed by atoms with E-state index in [2.05, 4.69) is 0 Å². The second kappa shape index (κ2) is 9.92. The van der Waals surface area contributed by atoms with Gasteiger partial charge < -0.3 is 19.1 Å². The van der Waals surface area contributed by atoms with E-state index in [4.69, 9.17) is 14.2 Å². The van der Waals surface area contributed by atoms with E-state index in [0.717, 1.165) is 31.4 Å². The molecule has 0 spiro atoms. The second-order valence-corrected chi connectivity index (χ2v) is 7.66. The number of benzene rings is 1. The highest BCUT2D eigenvalue weighted by Crippen LogP contribution is 2.36. The first-order valence-corrected chi connectivity index (χ1v) is 10.4. The summed E-state index contributed by atoms with van der Waals surface area (Å²) in [5, 5.41) is 0. The average Bonchev–Trinajstić information content (AvgIpc) is 2.75. The zero-order valence-corrected chi connectivity index (χ0v) is 16.7. The largest absolute Gasteiger partial charge is 0.494 e. The normalized spacial score (nSPS) is 23.2. The topological polar surface area (TPSA) is 65.1 Å². The smallest absolute Gasteiger partial charge is 0.314 e. The molecule has 154 valence electrons. The van der Waals surface area contributed by atoms with Gasteiger partial charge in [0.15, 0.2) is 0 Å². The third kappa shape index (κ3) is 5.04. The molecule has 0 bridgehead atoms. The van der Waals surface area contributed by atoms with Crippen LogP contribution in [-0.4, -0.2) is 56.3 Å². The standard InChI is InChI=1S/C22H31NO5/c1-2-27-21(25)22(12-16-28-19-7-4-3-5-8-19)11-6-13-23(17-22)20(24)18-9-14-26-15-10-18/h3-5,7-8,18H,2,6,9-17H2,1H3. The Balaban J connectivity index is 1.67. The van der Waals surface area contributed by atoms with Gasteiger partial charge in [-0.3, -0.25) is 9.59 Å². The lowest BCUT2D eigenvalue weighted by Crippen LogP contribution is -2.52. The summed E-state index contributed by atoms with van der Waals surface area (Å²) in [5.41, 5.74) is -0.691. The van der Waals surface area contributed by atoms with E-state index in [9.17, 15) is 9.59 Å². The van der Waals surface area contributed by atoms with E-state index < -0.39 is 5.41 Å². The Labute approximate surface area is 167 Å². The number of nitrogens with zero attached hydrogens (tertiary/aromatic N) is 1. The van der Waals surface area contributed by atoms with Crippen molar-refractivity contribution in [1.82, 2.24) is 4.90 Å². The summed E-state index contributed by atoms with van der Waals surface area (Å²) >= 11 is 0. The van der Waals surface area contributed by atoms with Crippen molar-refractivity contribution in [3.8, 4) is 5.75 Å². The number of rotatable bonds is 7. The molecule has 1 aromatic carbocycles. The summed E-state index contributed by atoms with van der Waals surface area (Å²) in [7, 11) is 0. The molecule has 6 nitrogen and oxygen atoms in total. The van der Waals surface area contributed by atoms with Crippen molar-refractivity contribution >= 4 is 11.9 Å². The second-order valence-electron chi connectivity index (χ2n) is 7.66. The number of piperidine rings is 1. The van der Waals surface area contributed by atoms with Crippen molar-refractivity contribution in [3.05, 3.63) is 30.3 Å². The van der Waals surface area contributed by atoms with Gasteiger partial charge in [-0.25, -0.2) is 0 Å². The molecular formula is C22H31NO5. The Bertz CT molecular complexity index is 644. The molecule has 1 amide bonds. The van der Waals surface area contributed by atoms with E-state index in [1.807, 2.05) is 42.2 Å². The third-order valence-corrected chi connectivity index (χ3v) is 5.76. The first kappa shape index (κ1) is 20.6. The van der Waals surface area contributed by atoms with Crippen LogP contribution < -0.4 is 4.74 Å². The lowest BCUT2D eigenvalue weighted by molar-refractivity contribution is -0.163. The lowest BCUT2D eigenvalue weighted by atomic mass is 9.76. The minimum atomic E-state index is -0.691. The highest BCUT2D eigenvalue weighted by Gasteiger charge is 2.45. The zero-order chi connectivity index (χ0) is 19.8. The monoisotopic (exact) mass is 389 g/mol. The highest BCUT2D eigenvalue weighted by molar-refractivity contribution is 5.82. The molecule has 2 saturated heterocycles. The molecule has 1 atom stereocenters. The van der Waals surface area contributed by atoms with Crippen LogP contribution in [0.3, 0.4) is 0 Å². The Kier molecular flexibility index (Phi) is 7.31. The molecule has 2 aliphatic heterocycles. The minimum absolute atomic E-state index is 0.00677. The molecule has 1 aromatic rings. The van der Waals surface area contributed by atoms with Gasteiger partial charge in [0.05, 0.1) is 18.6 Å². The fourth-order valence-electron chi connectivity index (χ4n) is 4.16. The first-order valence-electron chi connectivity index (χ1n) is 10.4. The van der Waals surface area contributed by atoms with Crippen LogP contribution in [-0.2, 0) is 19.1 Å². The van der Waals surface area contributed by atoms with Gasteiger partial charge in [0.1, 0.15) is 5.75 Å². The molecule has 0 saturated carbocycles. The first-order chi connectivity index (χ1) is 13.6. The average molecular weight is 389 g/mol. The summed E-state index contributed by atoms with van der Waals surface area (Å²) in [6.45, 7) is 4.98. The molecule has 1 unspecified atom stereocenters. The number of hydrogen-bond acceptors (Lipinski definition) is 5. The number of ether oxygens (including phenoxy) is 3. The van der Waals surface area contributed by atoms with Crippen molar-refractivity contribution < 1.29 is 23.8 Å². The maximum atomic E-state index is 13.0. The van der Waals surface area contributed by atoms with Gasteiger partial charge in [-0.1, -0.05) is 18.2 Å². The number of amides is 1. The molecule has 0 radical (unpaired) electrons. The molecule has 2 aliphatic rings. The molecule has 2 fully saturated rings. The van der Waals surface area contributed by atoms with Crippen LogP contribution in [0.5, 0.6) is 5.75 Å². The quantitative estimate of drug-likeness (QED) is 0.671.